The van der Waals surface area contributed by atoms with Crippen LogP contribution in [-0.4, -0.2) is 41.3 Å². The second-order valence-corrected chi connectivity index (χ2v) is 4.53. The molecule has 0 aromatic carbocycles. The van der Waals surface area contributed by atoms with Crippen LogP contribution in [0.2, 0.25) is 10.2 Å². The average Bonchev–Trinajstić information content (AvgIpc) is 2.38. The molecule has 104 valence electrons. The molecule has 0 saturated heterocycles. The molecule has 5 nitrogen and oxygen atoms in total. The van der Waals surface area contributed by atoms with E-state index >= 15 is 0 Å². The molecule has 0 aliphatic rings. The molecule has 0 fully saturated rings. The molecule has 0 aliphatic heterocycles. The predicted octanol–water partition coefficient (Wildman–Crippen LogP) is 1.99. The Morgan fingerprint density at radius 3 is 2.58 bits per heavy atom. The Bertz CT molecular complexity index is 480. The van der Waals surface area contributed by atoms with Crippen molar-refractivity contribution in [3.05, 3.63) is 28.0 Å². The largest absolute Gasteiger partial charge is 0.355 e. The zero-order valence-electron chi connectivity index (χ0n) is 10.7. The van der Waals surface area contributed by atoms with Crippen LogP contribution in [0.4, 0.5) is 0 Å². The van der Waals surface area contributed by atoms with Crippen LogP contribution in [0.5, 0.6) is 0 Å². The minimum absolute atomic E-state index is 0.0340. The summed E-state index contributed by atoms with van der Waals surface area (Å²) in [5.74, 6) is -0.642. The first kappa shape index (κ1) is 15.7. The SMILES string of the molecule is CCNC(=O)CN(CC)C(=O)c1nc(Cl)ccc1Cl. The number of pyridine rings is 1. The standard InChI is InChI=1S/C12H15Cl2N3O2/c1-3-15-10(18)7-17(4-2)12(19)11-8(13)5-6-9(14)16-11/h5-6H,3-4,7H2,1-2H3,(H,15,18). The van der Waals surface area contributed by atoms with E-state index in [1.165, 1.54) is 17.0 Å². The maximum atomic E-state index is 12.2. The van der Waals surface area contributed by atoms with E-state index in [0.29, 0.717) is 13.1 Å². The molecule has 0 atom stereocenters. The van der Waals surface area contributed by atoms with Crippen molar-refractivity contribution in [3.8, 4) is 0 Å². The van der Waals surface area contributed by atoms with Crippen LogP contribution >= 0.6 is 23.2 Å². The van der Waals surface area contributed by atoms with Crippen molar-refractivity contribution in [2.24, 2.45) is 0 Å². The number of hydrogen-bond donors (Lipinski definition) is 1. The maximum absolute atomic E-state index is 12.2. The van der Waals surface area contributed by atoms with Crippen LogP contribution in [0, 0.1) is 0 Å². The van der Waals surface area contributed by atoms with E-state index in [0.717, 1.165) is 0 Å². The zero-order chi connectivity index (χ0) is 14.4. The highest BCUT2D eigenvalue weighted by Gasteiger charge is 2.21. The Balaban J connectivity index is 2.89. The first-order chi connectivity index (χ1) is 8.99. The Morgan fingerprint density at radius 2 is 2.00 bits per heavy atom. The minimum Gasteiger partial charge on any atom is -0.355 e. The van der Waals surface area contributed by atoms with Gasteiger partial charge in [0.1, 0.15) is 10.8 Å². The zero-order valence-corrected chi connectivity index (χ0v) is 12.3. The summed E-state index contributed by atoms with van der Waals surface area (Å²) >= 11 is 11.7. The van der Waals surface area contributed by atoms with Crippen molar-refractivity contribution in [2.75, 3.05) is 19.6 Å². The molecule has 0 saturated carbocycles. The number of carbonyl (C=O) groups is 2. The second kappa shape index (κ2) is 7.31. The maximum Gasteiger partial charge on any atom is 0.274 e. The number of aromatic nitrogens is 1. The molecule has 1 N–H and O–H groups in total. The van der Waals surface area contributed by atoms with Gasteiger partial charge in [-0.25, -0.2) is 4.98 Å². The minimum atomic E-state index is -0.416. The van der Waals surface area contributed by atoms with Gasteiger partial charge < -0.3 is 10.2 Å². The quantitative estimate of drug-likeness (QED) is 0.846. The van der Waals surface area contributed by atoms with Gasteiger partial charge in [-0.15, -0.1) is 0 Å². The highest BCUT2D eigenvalue weighted by Crippen LogP contribution is 2.18. The third-order valence-corrected chi connectivity index (χ3v) is 2.91. The predicted molar refractivity (Wildman–Crippen MR) is 74.5 cm³/mol. The van der Waals surface area contributed by atoms with Gasteiger partial charge in [0.05, 0.1) is 11.6 Å². The summed E-state index contributed by atoms with van der Waals surface area (Å²) in [6.45, 7) is 4.44. The van der Waals surface area contributed by atoms with Gasteiger partial charge in [0.2, 0.25) is 5.91 Å². The van der Waals surface area contributed by atoms with Gasteiger partial charge in [-0.1, -0.05) is 23.2 Å². The van der Waals surface area contributed by atoms with E-state index in [1.54, 1.807) is 6.92 Å². The van der Waals surface area contributed by atoms with Crippen LogP contribution in [0.1, 0.15) is 24.3 Å². The first-order valence-corrected chi connectivity index (χ1v) is 6.63. The van der Waals surface area contributed by atoms with Gasteiger partial charge in [0.25, 0.3) is 5.91 Å². The van der Waals surface area contributed by atoms with Crippen molar-refractivity contribution in [1.82, 2.24) is 15.2 Å². The van der Waals surface area contributed by atoms with Crippen LogP contribution in [0.25, 0.3) is 0 Å². The van der Waals surface area contributed by atoms with Gasteiger partial charge in [0.15, 0.2) is 0 Å². The first-order valence-electron chi connectivity index (χ1n) is 5.87. The summed E-state index contributed by atoms with van der Waals surface area (Å²) in [5, 5.41) is 3.02. The summed E-state index contributed by atoms with van der Waals surface area (Å²) in [7, 11) is 0. The van der Waals surface area contributed by atoms with Gasteiger partial charge >= 0.3 is 0 Å². The molecule has 1 rings (SSSR count). The van der Waals surface area contributed by atoms with Crippen LogP contribution < -0.4 is 5.32 Å². The van der Waals surface area contributed by atoms with Crippen molar-refractivity contribution < 1.29 is 9.59 Å². The number of amides is 2. The fraction of sp³-hybridized carbons (Fsp3) is 0.417. The lowest BCUT2D eigenvalue weighted by atomic mass is 10.3. The Labute approximate surface area is 121 Å². The van der Waals surface area contributed by atoms with Crippen LogP contribution in [0.15, 0.2) is 12.1 Å². The van der Waals surface area contributed by atoms with E-state index < -0.39 is 5.91 Å². The second-order valence-electron chi connectivity index (χ2n) is 3.74. The number of carbonyl (C=O) groups excluding carboxylic acids is 2. The molecule has 1 aromatic rings. The molecule has 0 unspecified atom stereocenters. The van der Waals surface area contributed by atoms with Gasteiger partial charge in [-0.05, 0) is 26.0 Å². The van der Waals surface area contributed by atoms with Crippen molar-refractivity contribution in [1.29, 1.82) is 0 Å². The molecule has 1 aromatic heterocycles. The lowest BCUT2D eigenvalue weighted by Crippen LogP contribution is -2.40. The third-order valence-electron chi connectivity index (χ3n) is 2.39. The Kier molecular flexibility index (Phi) is 6.05. The highest BCUT2D eigenvalue weighted by atomic mass is 35.5. The summed E-state index contributed by atoms with van der Waals surface area (Å²) in [5.41, 5.74) is 0.0558. The topological polar surface area (TPSA) is 62.3 Å². The van der Waals surface area contributed by atoms with E-state index in [1.807, 2.05) is 6.92 Å². The highest BCUT2D eigenvalue weighted by molar-refractivity contribution is 6.34. The Hall–Kier alpha value is -1.33. The van der Waals surface area contributed by atoms with Gasteiger partial charge in [-0.2, -0.15) is 0 Å². The van der Waals surface area contributed by atoms with Crippen LogP contribution in [-0.2, 0) is 4.79 Å². The van der Waals surface area contributed by atoms with E-state index in [4.69, 9.17) is 23.2 Å². The molecular formula is C12H15Cl2N3O2. The summed E-state index contributed by atoms with van der Waals surface area (Å²) in [4.78, 5) is 29.0. The summed E-state index contributed by atoms with van der Waals surface area (Å²) in [6, 6.07) is 3.00. The lowest BCUT2D eigenvalue weighted by Gasteiger charge is -2.20. The molecule has 2 amide bonds. The molecule has 0 aliphatic carbocycles. The van der Waals surface area contributed by atoms with Crippen molar-refractivity contribution in [3.63, 3.8) is 0 Å². The smallest absolute Gasteiger partial charge is 0.274 e. The summed E-state index contributed by atoms with van der Waals surface area (Å²) in [6.07, 6.45) is 0. The normalized spacial score (nSPS) is 10.1. The fourth-order valence-corrected chi connectivity index (χ4v) is 1.81. The monoisotopic (exact) mass is 303 g/mol. The molecule has 19 heavy (non-hydrogen) atoms. The molecule has 0 bridgehead atoms. The molecule has 0 spiro atoms. The molecular weight excluding hydrogens is 289 g/mol. The average molecular weight is 304 g/mol. The molecule has 7 heteroatoms. The molecule has 0 radical (unpaired) electrons. The fourth-order valence-electron chi connectivity index (χ4n) is 1.47. The number of nitrogens with one attached hydrogen (secondary N) is 1. The van der Waals surface area contributed by atoms with Gasteiger partial charge in [-0.3, -0.25) is 9.59 Å². The summed E-state index contributed by atoms with van der Waals surface area (Å²) < 4.78 is 0. The number of likely N-dealkylation sites (N-methyl/N-ethyl adjacent to an activating group) is 2. The van der Waals surface area contributed by atoms with E-state index in [-0.39, 0.29) is 28.3 Å². The van der Waals surface area contributed by atoms with Crippen molar-refractivity contribution >= 4 is 35.0 Å². The number of rotatable bonds is 5. The number of nitrogens with zero attached hydrogens (tertiary/aromatic N) is 2. The number of halogens is 2. The van der Waals surface area contributed by atoms with E-state index in [9.17, 15) is 9.59 Å². The Morgan fingerprint density at radius 1 is 1.32 bits per heavy atom. The van der Waals surface area contributed by atoms with Gasteiger partial charge in [0, 0.05) is 13.1 Å². The van der Waals surface area contributed by atoms with Crippen molar-refractivity contribution in [2.45, 2.75) is 13.8 Å². The third kappa shape index (κ3) is 4.36. The van der Waals surface area contributed by atoms with E-state index in [2.05, 4.69) is 10.3 Å². The van der Waals surface area contributed by atoms with Crippen LogP contribution in [0.3, 0.4) is 0 Å². The number of hydrogen-bond acceptors (Lipinski definition) is 3. The lowest BCUT2D eigenvalue weighted by molar-refractivity contribution is -0.121. The molecule has 1 heterocycles.